The summed E-state index contributed by atoms with van der Waals surface area (Å²) in [5, 5.41) is 2.95. The van der Waals surface area contributed by atoms with Gasteiger partial charge in [0, 0.05) is 30.9 Å². The molecule has 0 saturated carbocycles. The standard InChI is InChI=1S/C14H20N2O3S2/c1-11(15-14(17)16-7-9-20-10-8-16)12-3-5-13(6-4-12)21(2,18)19/h3-6,11H,7-10H2,1-2H3,(H,15,17). The van der Waals surface area contributed by atoms with Gasteiger partial charge >= 0.3 is 6.03 Å². The first-order chi connectivity index (χ1) is 9.88. The maximum absolute atomic E-state index is 12.1. The Morgan fingerprint density at radius 1 is 1.24 bits per heavy atom. The maximum Gasteiger partial charge on any atom is 0.317 e. The minimum Gasteiger partial charge on any atom is -0.331 e. The van der Waals surface area contributed by atoms with Crippen LogP contribution in [0.4, 0.5) is 4.79 Å². The molecule has 0 aromatic heterocycles. The highest BCUT2D eigenvalue weighted by Crippen LogP contribution is 2.17. The van der Waals surface area contributed by atoms with Gasteiger partial charge in [-0.15, -0.1) is 0 Å². The Labute approximate surface area is 130 Å². The second-order valence-corrected chi connectivity index (χ2v) is 8.35. The number of benzene rings is 1. The van der Waals surface area contributed by atoms with E-state index in [2.05, 4.69) is 5.32 Å². The van der Waals surface area contributed by atoms with Gasteiger partial charge in [0.15, 0.2) is 9.84 Å². The summed E-state index contributed by atoms with van der Waals surface area (Å²) in [5.41, 5.74) is 0.891. The second-order valence-electron chi connectivity index (χ2n) is 5.11. The molecular formula is C14H20N2O3S2. The lowest BCUT2D eigenvalue weighted by molar-refractivity contribution is 0.199. The largest absolute Gasteiger partial charge is 0.331 e. The monoisotopic (exact) mass is 328 g/mol. The fraction of sp³-hybridized carbons (Fsp3) is 0.500. The van der Waals surface area contributed by atoms with Crippen molar-refractivity contribution in [3.05, 3.63) is 29.8 Å². The molecule has 1 aromatic rings. The van der Waals surface area contributed by atoms with Crippen molar-refractivity contribution in [1.29, 1.82) is 0 Å². The van der Waals surface area contributed by atoms with Crippen LogP contribution >= 0.6 is 11.8 Å². The number of thioether (sulfide) groups is 1. The lowest BCUT2D eigenvalue weighted by Gasteiger charge is -2.28. The Bertz CT molecular complexity index is 593. The maximum atomic E-state index is 12.1. The Kier molecular flexibility index (Phi) is 5.16. The van der Waals surface area contributed by atoms with E-state index in [1.807, 2.05) is 23.6 Å². The molecule has 0 radical (unpaired) electrons. The minimum atomic E-state index is -3.18. The van der Waals surface area contributed by atoms with Crippen molar-refractivity contribution in [2.45, 2.75) is 17.9 Å². The van der Waals surface area contributed by atoms with Gasteiger partial charge in [-0.25, -0.2) is 13.2 Å². The van der Waals surface area contributed by atoms with Crippen molar-refractivity contribution < 1.29 is 13.2 Å². The van der Waals surface area contributed by atoms with Gasteiger partial charge < -0.3 is 10.2 Å². The molecule has 2 amide bonds. The molecule has 1 aliphatic heterocycles. The Morgan fingerprint density at radius 2 is 1.81 bits per heavy atom. The van der Waals surface area contributed by atoms with Crippen LogP contribution in [0, 0.1) is 0 Å². The summed E-state index contributed by atoms with van der Waals surface area (Å²) in [6, 6.07) is 6.42. The van der Waals surface area contributed by atoms with E-state index in [1.54, 1.807) is 24.3 Å². The zero-order valence-corrected chi connectivity index (χ0v) is 13.8. The molecule has 1 atom stereocenters. The fourth-order valence-electron chi connectivity index (χ4n) is 2.13. The zero-order valence-electron chi connectivity index (χ0n) is 12.2. The zero-order chi connectivity index (χ0) is 15.5. The third kappa shape index (κ3) is 4.38. The first-order valence-corrected chi connectivity index (χ1v) is 9.86. The molecule has 5 nitrogen and oxygen atoms in total. The van der Waals surface area contributed by atoms with Crippen molar-refractivity contribution in [2.24, 2.45) is 0 Å². The predicted molar refractivity (Wildman–Crippen MR) is 85.4 cm³/mol. The molecule has 1 heterocycles. The van der Waals surface area contributed by atoms with E-state index in [4.69, 9.17) is 0 Å². The van der Waals surface area contributed by atoms with Crippen molar-refractivity contribution in [3.8, 4) is 0 Å². The number of carbonyl (C=O) groups excluding carboxylic acids is 1. The smallest absolute Gasteiger partial charge is 0.317 e. The first kappa shape index (κ1) is 16.2. The SMILES string of the molecule is CC(NC(=O)N1CCSCC1)c1ccc(S(C)(=O)=O)cc1. The highest BCUT2D eigenvalue weighted by Gasteiger charge is 2.19. The van der Waals surface area contributed by atoms with Crippen LogP contribution in [0.15, 0.2) is 29.2 Å². The lowest BCUT2D eigenvalue weighted by Crippen LogP contribution is -2.45. The van der Waals surface area contributed by atoms with Crippen molar-refractivity contribution in [1.82, 2.24) is 10.2 Å². The van der Waals surface area contributed by atoms with Gasteiger partial charge in [0.05, 0.1) is 10.9 Å². The minimum absolute atomic E-state index is 0.0602. The van der Waals surface area contributed by atoms with Crippen molar-refractivity contribution >= 4 is 27.6 Å². The first-order valence-electron chi connectivity index (χ1n) is 6.81. The summed E-state index contributed by atoms with van der Waals surface area (Å²) in [6.07, 6.45) is 1.18. The number of amides is 2. The number of sulfone groups is 1. The third-order valence-electron chi connectivity index (χ3n) is 3.45. The second kappa shape index (κ2) is 6.70. The van der Waals surface area contributed by atoms with Gasteiger partial charge in [0.1, 0.15) is 0 Å². The molecule has 2 rings (SSSR count). The topological polar surface area (TPSA) is 66.5 Å². The summed E-state index contributed by atoms with van der Waals surface area (Å²) < 4.78 is 22.8. The number of hydrogen-bond donors (Lipinski definition) is 1. The molecule has 1 aliphatic rings. The summed E-state index contributed by atoms with van der Waals surface area (Å²) in [7, 11) is -3.18. The molecule has 1 fully saturated rings. The van der Waals surface area contributed by atoms with E-state index in [9.17, 15) is 13.2 Å². The fourth-order valence-corrected chi connectivity index (χ4v) is 3.66. The number of nitrogens with one attached hydrogen (secondary N) is 1. The summed E-state index contributed by atoms with van der Waals surface area (Å²) >= 11 is 1.86. The molecular weight excluding hydrogens is 308 g/mol. The van der Waals surface area contributed by atoms with E-state index < -0.39 is 9.84 Å². The average Bonchev–Trinajstić information content (AvgIpc) is 2.47. The van der Waals surface area contributed by atoms with Crippen molar-refractivity contribution in [2.75, 3.05) is 30.9 Å². The van der Waals surface area contributed by atoms with Crippen LogP contribution in [-0.2, 0) is 9.84 Å². The van der Waals surface area contributed by atoms with Crippen LogP contribution in [-0.4, -0.2) is 50.2 Å². The van der Waals surface area contributed by atoms with E-state index >= 15 is 0 Å². The molecule has 0 bridgehead atoms. The van der Waals surface area contributed by atoms with Gasteiger partial charge in [0.2, 0.25) is 0 Å². The van der Waals surface area contributed by atoms with Crippen LogP contribution < -0.4 is 5.32 Å². The van der Waals surface area contributed by atoms with Gasteiger partial charge in [-0.05, 0) is 24.6 Å². The quantitative estimate of drug-likeness (QED) is 0.920. The van der Waals surface area contributed by atoms with Crippen LogP contribution in [0.25, 0.3) is 0 Å². The van der Waals surface area contributed by atoms with Crippen molar-refractivity contribution in [3.63, 3.8) is 0 Å². The van der Waals surface area contributed by atoms with Crippen LogP contribution in [0.5, 0.6) is 0 Å². The number of hydrogen-bond acceptors (Lipinski definition) is 4. The molecule has 7 heteroatoms. The van der Waals surface area contributed by atoms with Crippen LogP contribution in [0.1, 0.15) is 18.5 Å². The highest BCUT2D eigenvalue weighted by atomic mass is 32.2. The van der Waals surface area contributed by atoms with Gasteiger partial charge in [-0.1, -0.05) is 12.1 Å². The molecule has 0 spiro atoms. The highest BCUT2D eigenvalue weighted by molar-refractivity contribution is 7.99. The van der Waals surface area contributed by atoms with Crippen LogP contribution in [0.3, 0.4) is 0 Å². The number of nitrogens with zero attached hydrogens (tertiary/aromatic N) is 1. The lowest BCUT2D eigenvalue weighted by atomic mass is 10.1. The van der Waals surface area contributed by atoms with Crippen LogP contribution in [0.2, 0.25) is 0 Å². The number of carbonyl (C=O) groups is 1. The molecule has 1 aromatic carbocycles. The average molecular weight is 328 g/mol. The third-order valence-corrected chi connectivity index (χ3v) is 5.52. The van der Waals surface area contributed by atoms with E-state index in [0.717, 1.165) is 30.2 Å². The Balaban J connectivity index is 1.99. The van der Waals surface area contributed by atoms with Gasteiger partial charge in [0.25, 0.3) is 0 Å². The molecule has 0 aliphatic carbocycles. The summed E-state index contributed by atoms with van der Waals surface area (Å²) in [6.45, 7) is 3.44. The predicted octanol–water partition coefficient (Wildman–Crippen LogP) is 1.91. The molecule has 116 valence electrons. The number of rotatable bonds is 3. The molecule has 1 unspecified atom stereocenters. The molecule has 1 N–H and O–H groups in total. The van der Waals surface area contributed by atoms with E-state index in [0.29, 0.717) is 0 Å². The van der Waals surface area contributed by atoms with Gasteiger partial charge in [-0.2, -0.15) is 11.8 Å². The normalized spacial score (nSPS) is 17.3. The van der Waals surface area contributed by atoms with E-state index in [-0.39, 0.29) is 17.0 Å². The Hall–Kier alpha value is -1.21. The molecule has 1 saturated heterocycles. The van der Waals surface area contributed by atoms with E-state index in [1.165, 1.54) is 6.26 Å². The number of urea groups is 1. The van der Waals surface area contributed by atoms with Gasteiger partial charge in [-0.3, -0.25) is 0 Å². The summed E-state index contributed by atoms with van der Waals surface area (Å²) in [4.78, 5) is 14.2. The summed E-state index contributed by atoms with van der Waals surface area (Å²) in [5.74, 6) is 1.95. The molecule has 21 heavy (non-hydrogen) atoms. The Morgan fingerprint density at radius 3 is 2.33 bits per heavy atom.